The van der Waals surface area contributed by atoms with Crippen molar-refractivity contribution in [3.63, 3.8) is 0 Å². The molecule has 5 rings (SSSR count). The number of hydrogen-bond donors (Lipinski definition) is 0. The summed E-state index contributed by atoms with van der Waals surface area (Å²) in [7, 11) is 0. The molecular weight excluding hydrogens is 242 g/mol. The molecule has 0 aromatic heterocycles. The van der Waals surface area contributed by atoms with Gasteiger partial charge in [0, 0.05) is 0 Å². The van der Waals surface area contributed by atoms with Gasteiger partial charge in [-0.2, -0.15) is 5.26 Å². The van der Waals surface area contributed by atoms with Gasteiger partial charge in [-0.1, -0.05) is 30.3 Å². The molecule has 0 spiro atoms. The molecule has 0 radical (unpaired) electrons. The van der Waals surface area contributed by atoms with Crippen LogP contribution in [0.2, 0.25) is 0 Å². The summed E-state index contributed by atoms with van der Waals surface area (Å²) in [5, 5.41) is 10.0. The zero-order chi connectivity index (χ0) is 13.8. The molecule has 0 N–H and O–H groups in total. The van der Waals surface area contributed by atoms with Crippen molar-refractivity contribution in [2.75, 3.05) is 0 Å². The Kier molecular flexibility index (Phi) is 2.56. The van der Waals surface area contributed by atoms with Crippen LogP contribution in [0.3, 0.4) is 0 Å². The summed E-state index contributed by atoms with van der Waals surface area (Å²) in [5.74, 6) is 2.70. The van der Waals surface area contributed by atoms with E-state index >= 15 is 0 Å². The van der Waals surface area contributed by atoms with Crippen LogP contribution in [0.1, 0.15) is 51.0 Å². The van der Waals surface area contributed by atoms with Crippen molar-refractivity contribution in [3.8, 4) is 6.07 Å². The molecule has 4 saturated carbocycles. The van der Waals surface area contributed by atoms with Crippen LogP contribution in [0.5, 0.6) is 0 Å². The third kappa shape index (κ3) is 1.54. The average Bonchev–Trinajstić information content (AvgIpc) is 2.46. The van der Waals surface area contributed by atoms with E-state index in [0.717, 1.165) is 17.8 Å². The maximum absolute atomic E-state index is 10.0. The van der Waals surface area contributed by atoms with Gasteiger partial charge in [-0.05, 0) is 74.2 Å². The Hall–Kier alpha value is -1.29. The van der Waals surface area contributed by atoms with Crippen LogP contribution < -0.4 is 0 Å². The molecular formula is C19H23N. The number of benzene rings is 1. The topological polar surface area (TPSA) is 23.8 Å². The first-order valence-electron chi connectivity index (χ1n) is 8.12. The Morgan fingerprint density at radius 3 is 1.95 bits per heavy atom. The van der Waals surface area contributed by atoms with Gasteiger partial charge in [0.15, 0.2) is 0 Å². The summed E-state index contributed by atoms with van der Waals surface area (Å²) >= 11 is 0. The quantitative estimate of drug-likeness (QED) is 0.761. The van der Waals surface area contributed by atoms with Crippen molar-refractivity contribution >= 4 is 0 Å². The predicted octanol–water partition coefficient (Wildman–Crippen LogP) is 4.68. The first-order valence-corrected chi connectivity index (χ1v) is 8.12. The Labute approximate surface area is 122 Å². The van der Waals surface area contributed by atoms with E-state index in [0.29, 0.717) is 0 Å². The van der Waals surface area contributed by atoms with Crippen molar-refractivity contribution in [2.24, 2.45) is 23.2 Å². The number of nitrogens with zero attached hydrogens (tertiary/aromatic N) is 1. The third-order valence-corrected chi connectivity index (χ3v) is 6.67. The van der Waals surface area contributed by atoms with Crippen LogP contribution >= 0.6 is 0 Å². The lowest BCUT2D eigenvalue weighted by molar-refractivity contribution is -0.0823. The molecule has 0 saturated heterocycles. The summed E-state index contributed by atoms with van der Waals surface area (Å²) in [4.78, 5) is 0. The van der Waals surface area contributed by atoms with Crippen molar-refractivity contribution in [1.29, 1.82) is 5.26 Å². The molecule has 1 atom stereocenters. The first kappa shape index (κ1) is 12.5. The molecule has 20 heavy (non-hydrogen) atoms. The fourth-order valence-corrected chi connectivity index (χ4v) is 5.98. The van der Waals surface area contributed by atoms with E-state index in [1.54, 1.807) is 0 Å². The van der Waals surface area contributed by atoms with Gasteiger partial charge in [0.1, 0.15) is 0 Å². The second kappa shape index (κ2) is 4.10. The molecule has 1 unspecified atom stereocenters. The second-order valence-corrected chi connectivity index (χ2v) is 7.80. The van der Waals surface area contributed by atoms with Crippen LogP contribution in [0.4, 0.5) is 0 Å². The zero-order valence-corrected chi connectivity index (χ0v) is 12.3. The highest BCUT2D eigenvalue weighted by Crippen LogP contribution is 2.66. The van der Waals surface area contributed by atoms with Gasteiger partial charge in [0.2, 0.25) is 0 Å². The van der Waals surface area contributed by atoms with Crippen LogP contribution in [0.25, 0.3) is 0 Å². The molecule has 4 fully saturated rings. The fourth-order valence-electron chi connectivity index (χ4n) is 5.98. The molecule has 0 aliphatic heterocycles. The van der Waals surface area contributed by atoms with E-state index in [9.17, 15) is 5.26 Å². The average molecular weight is 265 g/mol. The first-order chi connectivity index (χ1) is 9.65. The van der Waals surface area contributed by atoms with Gasteiger partial charge in [0.25, 0.3) is 0 Å². The number of rotatable bonds is 2. The lowest BCUT2D eigenvalue weighted by Gasteiger charge is -2.61. The van der Waals surface area contributed by atoms with Crippen LogP contribution in [0, 0.1) is 34.5 Å². The molecule has 0 heterocycles. The molecule has 4 bridgehead atoms. The summed E-state index contributed by atoms with van der Waals surface area (Å²) in [5.41, 5.74) is 1.19. The fraction of sp³-hybridized carbons (Fsp3) is 0.632. The second-order valence-electron chi connectivity index (χ2n) is 7.80. The largest absolute Gasteiger partial charge is 0.197 e. The lowest BCUT2D eigenvalue weighted by Crippen LogP contribution is -2.55. The monoisotopic (exact) mass is 265 g/mol. The highest BCUT2D eigenvalue weighted by molar-refractivity contribution is 5.36. The normalized spacial score (nSPS) is 41.1. The molecule has 104 valence electrons. The van der Waals surface area contributed by atoms with Crippen molar-refractivity contribution < 1.29 is 0 Å². The Morgan fingerprint density at radius 1 is 1.00 bits per heavy atom. The Balaban J connectivity index is 1.80. The summed E-state index contributed by atoms with van der Waals surface area (Å²) in [6, 6.07) is 13.3. The van der Waals surface area contributed by atoms with Gasteiger partial charge >= 0.3 is 0 Å². The Morgan fingerprint density at radius 2 is 1.50 bits per heavy atom. The van der Waals surface area contributed by atoms with E-state index < -0.39 is 0 Å². The zero-order valence-electron chi connectivity index (χ0n) is 12.3. The molecule has 4 aliphatic rings. The number of hydrogen-bond acceptors (Lipinski definition) is 1. The highest BCUT2D eigenvalue weighted by atomic mass is 14.6. The predicted molar refractivity (Wildman–Crippen MR) is 80.0 cm³/mol. The smallest absolute Gasteiger partial charge is 0.0850 e. The van der Waals surface area contributed by atoms with Crippen LogP contribution in [-0.4, -0.2) is 0 Å². The van der Waals surface area contributed by atoms with Gasteiger partial charge in [-0.15, -0.1) is 0 Å². The summed E-state index contributed by atoms with van der Waals surface area (Å²) < 4.78 is 0. The summed E-state index contributed by atoms with van der Waals surface area (Å²) in [6.07, 6.45) is 8.19. The minimum absolute atomic E-state index is 0.248. The molecule has 4 aliphatic carbocycles. The highest BCUT2D eigenvalue weighted by Gasteiger charge is 2.59. The van der Waals surface area contributed by atoms with E-state index in [4.69, 9.17) is 0 Å². The molecule has 1 aromatic rings. The minimum Gasteiger partial charge on any atom is -0.197 e. The van der Waals surface area contributed by atoms with Crippen molar-refractivity contribution in [2.45, 2.75) is 50.9 Å². The number of nitriles is 1. The van der Waals surface area contributed by atoms with Gasteiger partial charge in [0.05, 0.1) is 11.5 Å². The van der Waals surface area contributed by atoms with Gasteiger partial charge in [-0.3, -0.25) is 0 Å². The maximum Gasteiger partial charge on any atom is 0.0850 e. The Bertz CT molecular complexity index is 518. The van der Waals surface area contributed by atoms with Crippen molar-refractivity contribution in [3.05, 3.63) is 35.9 Å². The van der Waals surface area contributed by atoms with Gasteiger partial charge in [-0.25, -0.2) is 0 Å². The molecule has 1 nitrogen and oxygen atoms in total. The SMILES string of the molecule is CC(C#N)(c1ccccc1)C12CC3CC(CC(C3)C1)C2. The van der Waals surface area contributed by atoms with Crippen molar-refractivity contribution in [1.82, 2.24) is 0 Å². The van der Waals surface area contributed by atoms with Crippen LogP contribution in [-0.2, 0) is 5.41 Å². The standard InChI is InChI=1S/C19H23N/c1-18(13-20,17-5-3-2-4-6-17)19-10-14-7-15(11-19)9-16(8-14)12-19/h2-6,14-16H,7-12H2,1H3. The van der Waals surface area contributed by atoms with E-state index in [1.165, 1.54) is 44.1 Å². The maximum atomic E-state index is 10.0. The molecule has 1 heteroatoms. The lowest BCUT2D eigenvalue weighted by atomic mass is 9.42. The minimum atomic E-state index is -0.301. The van der Waals surface area contributed by atoms with Crippen LogP contribution in [0.15, 0.2) is 30.3 Å². The van der Waals surface area contributed by atoms with E-state index in [-0.39, 0.29) is 10.8 Å². The third-order valence-electron chi connectivity index (χ3n) is 6.67. The summed E-state index contributed by atoms with van der Waals surface area (Å²) in [6.45, 7) is 2.22. The van der Waals surface area contributed by atoms with Gasteiger partial charge < -0.3 is 0 Å². The van der Waals surface area contributed by atoms with E-state index in [1.807, 2.05) is 0 Å². The van der Waals surface area contributed by atoms with E-state index in [2.05, 4.69) is 43.3 Å². The molecule has 0 amide bonds. The molecule has 1 aromatic carbocycles.